The summed E-state index contributed by atoms with van der Waals surface area (Å²) in [4.78, 5) is 0. The maximum Gasteiger partial charge on any atom is -0.00113 e. The SMILES string of the molecule is CCC1C=C(C2CCCCC2)C(C)=C(C2CCCCC2)C(C)=C1C1CCCCC1. The Bertz CT molecular complexity index is 640. The van der Waals surface area contributed by atoms with Crippen molar-refractivity contribution >= 4 is 0 Å². The van der Waals surface area contributed by atoms with Crippen LogP contribution in [-0.2, 0) is 0 Å². The Morgan fingerprint density at radius 1 is 0.621 bits per heavy atom. The van der Waals surface area contributed by atoms with E-state index < -0.39 is 0 Å². The van der Waals surface area contributed by atoms with Crippen molar-refractivity contribution in [1.82, 2.24) is 0 Å². The van der Waals surface area contributed by atoms with Crippen molar-refractivity contribution in [2.45, 2.75) is 124 Å². The smallest absolute Gasteiger partial charge is 0.00113 e. The zero-order chi connectivity index (χ0) is 20.2. The molecule has 0 aliphatic heterocycles. The van der Waals surface area contributed by atoms with Crippen LogP contribution in [0.15, 0.2) is 33.9 Å². The first-order valence-corrected chi connectivity index (χ1v) is 13.3. The number of rotatable bonds is 4. The zero-order valence-corrected chi connectivity index (χ0v) is 19.7. The van der Waals surface area contributed by atoms with Gasteiger partial charge in [-0.3, -0.25) is 0 Å². The molecule has 0 N–H and O–H groups in total. The van der Waals surface area contributed by atoms with Gasteiger partial charge in [-0.05, 0) is 105 Å². The van der Waals surface area contributed by atoms with Crippen LogP contribution in [0.4, 0.5) is 0 Å². The van der Waals surface area contributed by atoms with Gasteiger partial charge in [-0.1, -0.05) is 76.4 Å². The third-order valence-corrected chi connectivity index (χ3v) is 9.00. The molecule has 1 unspecified atom stereocenters. The van der Waals surface area contributed by atoms with Gasteiger partial charge < -0.3 is 0 Å². The van der Waals surface area contributed by atoms with Gasteiger partial charge in [0.1, 0.15) is 0 Å². The van der Waals surface area contributed by atoms with Crippen LogP contribution in [0.3, 0.4) is 0 Å². The minimum Gasteiger partial charge on any atom is -0.0736 e. The maximum atomic E-state index is 2.81. The van der Waals surface area contributed by atoms with E-state index in [2.05, 4.69) is 26.8 Å². The summed E-state index contributed by atoms with van der Waals surface area (Å²) in [6.07, 6.45) is 25.9. The highest BCUT2D eigenvalue weighted by molar-refractivity contribution is 5.52. The second-order valence-electron chi connectivity index (χ2n) is 10.8. The molecule has 0 bridgehead atoms. The van der Waals surface area contributed by atoms with Crippen molar-refractivity contribution in [2.75, 3.05) is 0 Å². The topological polar surface area (TPSA) is 0 Å². The van der Waals surface area contributed by atoms with Gasteiger partial charge in [0.2, 0.25) is 0 Å². The van der Waals surface area contributed by atoms with Gasteiger partial charge in [0.05, 0.1) is 0 Å². The van der Waals surface area contributed by atoms with E-state index >= 15 is 0 Å². The second-order valence-corrected chi connectivity index (χ2v) is 10.8. The lowest BCUT2D eigenvalue weighted by atomic mass is 9.72. The zero-order valence-electron chi connectivity index (χ0n) is 19.7. The summed E-state index contributed by atoms with van der Waals surface area (Å²) in [5, 5.41) is 0. The van der Waals surface area contributed by atoms with Crippen LogP contribution in [-0.4, -0.2) is 0 Å². The second kappa shape index (κ2) is 10.0. The van der Waals surface area contributed by atoms with Crippen molar-refractivity contribution in [2.24, 2.45) is 23.7 Å². The van der Waals surface area contributed by atoms with E-state index in [1.54, 1.807) is 16.7 Å². The van der Waals surface area contributed by atoms with Crippen molar-refractivity contribution in [1.29, 1.82) is 0 Å². The molecule has 0 heteroatoms. The molecule has 3 saturated carbocycles. The van der Waals surface area contributed by atoms with Crippen LogP contribution in [0.2, 0.25) is 0 Å². The fourth-order valence-electron chi connectivity index (χ4n) is 7.52. The fraction of sp³-hybridized carbons (Fsp3) is 0.793. The molecule has 0 spiro atoms. The van der Waals surface area contributed by atoms with Crippen molar-refractivity contribution in [3.63, 3.8) is 0 Å². The Hall–Kier alpha value is -0.780. The highest BCUT2D eigenvalue weighted by Crippen LogP contribution is 2.48. The number of hydrogen-bond donors (Lipinski definition) is 0. The molecule has 162 valence electrons. The quantitative estimate of drug-likeness (QED) is 0.445. The molecule has 0 amide bonds. The molecule has 29 heavy (non-hydrogen) atoms. The van der Waals surface area contributed by atoms with E-state index in [9.17, 15) is 0 Å². The highest BCUT2D eigenvalue weighted by atomic mass is 14.4. The number of hydrogen-bond acceptors (Lipinski definition) is 0. The van der Waals surface area contributed by atoms with Gasteiger partial charge in [-0.15, -0.1) is 0 Å². The third kappa shape index (κ3) is 4.62. The Morgan fingerprint density at radius 2 is 1.10 bits per heavy atom. The van der Waals surface area contributed by atoms with E-state index in [0.29, 0.717) is 5.92 Å². The summed E-state index contributed by atoms with van der Waals surface area (Å²) >= 11 is 0. The first-order chi connectivity index (χ1) is 14.2. The Balaban J connectivity index is 1.79. The van der Waals surface area contributed by atoms with E-state index in [1.807, 2.05) is 11.1 Å². The molecule has 0 heterocycles. The lowest BCUT2D eigenvalue weighted by Gasteiger charge is -2.33. The highest BCUT2D eigenvalue weighted by Gasteiger charge is 2.33. The molecular formula is C29H46. The minimum absolute atomic E-state index is 0.700. The summed E-state index contributed by atoms with van der Waals surface area (Å²) in [7, 11) is 0. The molecule has 0 radical (unpaired) electrons. The van der Waals surface area contributed by atoms with Gasteiger partial charge in [-0.25, -0.2) is 0 Å². The molecule has 3 fully saturated rings. The van der Waals surface area contributed by atoms with E-state index in [4.69, 9.17) is 0 Å². The summed E-state index contributed by atoms with van der Waals surface area (Å²) in [6.45, 7) is 7.54. The molecule has 0 aromatic carbocycles. The lowest BCUT2D eigenvalue weighted by Crippen LogP contribution is -2.19. The monoisotopic (exact) mass is 394 g/mol. The first-order valence-electron chi connectivity index (χ1n) is 13.3. The average Bonchev–Trinajstić information content (AvgIpc) is 2.89. The molecule has 4 rings (SSSR count). The van der Waals surface area contributed by atoms with E-state index in [0.717, 1.165) is 17.8 Å². The van der Waals surface area contributed by atoms with Crippen LogP contribution in [0.5, 0.6) is 0 Å². The molecule has 0 aromatic rings. The van der Waals surface area contributed by atoms with E-state index in [-0.39, 0.29) is 0 Å². The van der Waals surface area contributed by atoms with Crippen LogP contribution in [0.1, 0.15) is 124 Å². The van der Waals surface area contributed by atoms with Crippen LogP contribution >= 0.6 is 0 Å². The Kier molecular flexibility index (Phi) is 7.41. The summed E-state index contributed by atoms with van der Waals surface area (Å²) in [6, 6.07) is 0. The molecule has 4 aliphatic carbocycles. The fourth-order valence-corrected chi connectivity index (χ4v) is 7.52. The molecule has 0 aromatic heterocycles. The Labute approximate surface area is 181 Å². The van der Waals surface area contributed by atoms with Crippen LogP contribution in [0.25, 0.3) is 0 Å². The van der Waals surface area contributed by atoms with Gasteiger partial charge >= 0.3 is 0 Å². The van der Waals surface area contributed by atoms with Gasteiger partial charge in [0, 0.05) is 0 Å². The van der Waals surface area contributed by atoms with Gasteiger partial charge in [-0.2, -0.15) is 0 Å². The predicted octanol–water partition coefficient (Wildman–Crippen LogP) is 9.33. The standard InChI is InChI=1S/C29H46/c1-4-23-20-27(24-14-8-5-9-15-24)21(2)28(25-16-10-6-11-17-25)22(3)29(23)26-18-12-7-13-19-26/h20,23-26H,4-19H2,1-3H3. The van der Waals surface area contributed by atoms with Crippen LogP contribution < -0.4 is 0 Å². The summed E-state index contributed by atoms with van der Waals surface area (Å²) in [5.41, 5.74) is 9.00. The van der Waals surface area contributed by atoms with Crippen LogP contribution in [0, 0.1) is 23.7 Å². The van der Waals surface area contributed by atoms with E-state index in [1.165, 1.54) is 103 Å². The maximum absolute atomic E-state index is 2.81. The van der Waals surface area contributed by atoms with Crippen molar-refractivity contribution in [3.05, 3.63) is 33.9 Å². The molecule has 1 atom stereocenters. The normalized spacial score (nSPS) is 29.2. The van der Waals surface area contributed by atoms with Crippen molar-refractivity contribution < 1.29 is 0 Å². The lowest BCUT2D eigenvalue weighted by molar-refractivity contribution is 0.373. The predicted molar refractivity (Wildman–Crippen MR) is 127 cm³/mol. The molecule has 0 saturated heterocycles. The molecule has 0 nitrogen and oxygen atoms in total. The number of allylic oxidation sites excluding steroid dienone is 6. The Morgan fingerprint density at radius 3 is 1.62 bits per heavy atom. The summed E-state index contributed by atoms with van der Waals surface area (Å²) < 4.78 is 0. The third-order valence-electron chi connectivity index (χ3n) is 9.00. The average molecular weight is 395 g/mol. The molecular weight excluding hydrogens is 348 g/mol. The summed E-state index contributed by atoms with van der Waals surface area (Å²) in [5.74, 6) is 3.24. The van der Waals surface area contributed by atoms with Crippen molar-refractivity contribution in [3.8, 4) is 0 Å². The molecule has 4 aliphatic rings. The largest absolute Gasteiger partial charge is 0.0736 e. The minimum atomic E-state index is 0.700. The van der Waals surface area contributed by atoms with Gasteiger partial charge in [0.15, 0.2) is 0 Å². The first kappa shape index (κ1) is 21.5. The van der Waals surface area contributed by atoms with Gasteiger partial charge in [0.25, 0.3) is 0 Å².